The Kier molecular flexibility index (Phi) is 5.33. The lowest BCUT2D eigenvalue weighted by Crippen LogP contribution is -2.25. The molecule has 0 aliphatic rings. The van der Waals surface area contributed by atoms with Crippen molar-refractivity contribution in [1.29, 1.82) is 0 Å². The summed E-state index contributed by atoms with van der Waals surface area (Å²) in [6.07, 6.45) is 1.55. The molecule has 0 fully saturated rings. The summed E-state index contributed by atoms with van der Waals surface area (Å²) in [6, 6.07) is 13.8. The van der Waals surface area contributed by atoms with Gasteiger partial charge in [0.15, 0.2) is 5.11 Å². The number of benzene rings is 2. The van der Waals surface area contributed by atoms with Crippen LogP contribution in [0.5, 0.6) is 0 Å². The van der Waals surface area contributed by atoms with Crippen LogP contribution >= 0.6 is 12.2 Å². The number of hydrogen-bond acceptors (Lipinski definition) is 5. The van der Waals surface area contributed by atoms with E-state index in [1.165, 1.54) is 5.56 Å². The van der Waals surface area contributed by atoms with E-state index >= 15 is 0 Å². The lowest BCUT2D eigenvalue weighted by atomic mass is 10.1. The molecular formula is C18H19N7S. The van der Waals surface area contributed by atoms with Crippen molar-refractivity contribution in [1.82, 2.24) is 25.6 Å². The highest BCUT2D eigenvalue weighted by Crippen LogP contribution is 2.17. The van der Waals surface area contributed by atoms with E-state index < -0.39 is 0 Å². The maximum absolute atomic E-state index is 5.34. The van der Waals surface area contributed by atoms with Gasteiger partial charge in [0.25, 0.3) is 0 Å². The lowest BCUT2D eigenvalue weighted by molar-refractivity contribution is 0.789. The number of hydrazone groups is 1. The number of aryl methyl sites for hydroxylation is 1. The SMILES string of the molecule is C/C(=N\NC(=S)Nc1cccc(C)c1C)c1cccc(-n2cnnn2)c1. The number of aromatic nitrogens is 4. The van der Waals surface area contributed by atoms with E-state index in [-0.39, 0.29) is 0 Å². The Bertz CT molecular complexity index is 948. The normalized spacial score (nSPS) is 11.3. The van der Waals surface area contributed by atoms with E-state index in [4.69, 9.17) is 12.2 Å². The van der Waals surface area contributed by atoms with Gasteiger partial charge in [-0.05, 0) is 78.3 Å². The molecule has 7 nitrogen and oxygen atoms in total. The van der Waals surface area contributed by atoms with Gasteiger partial charge in [0.1, 0.15) is 6.33 Å². The molecule has 0 aliphatic carbocycles. The second-order valence-corrected chi connectivity index (χ2v) is 6.22. The standard InChI is InChI=1S/C18H19N7S/c1-12-6-4-9-17(13(12)2)20-18(26)22-21-14(3)15-7-5-8-16(10-15)25-11-19-23-24-25/h4-11H,1-3H3,(H2,20,22,26)/b21-14+. The Hall–Kier alpha value is -3.13. The molecule has 0 radical (unpaired) electrons. The van der Waals surface area contributed by atoms with Gasteiger partial charge in [-0.25, -0.2) is 4.68 Å². The summed E-state index contributed by atoms with van der Waals surface area (Å²) in [4.78, 5) is 0. The number of tetrazole rings is 1. The Morgan fingerprint density at radius 2 is 1.96 bits per heavy atom. The highest BCUT2D eigenvalue weighted by Gasteiger charge is 2.04. The Labute approximate surface area is 157 Å². The van der Waals surface area contributed by atoms with Gasteiger partial charge < -0.3 is 5.32 Å². The van der Waals surface area contributed by atoms with Gasteiger partial charge in [0.05, 0.1) is 11.4 Å². The molecule has 132 valence electrons. The second-order valence-electron chi connectivity index (χ2n) is 5.82. The summed E-state index contributed by atoms with van der Waals surface area (Å²) in [5, 5.41) is 19.2. The first-order chi connectivity index (χ1) is 12.5. The summed E-state index contributed by atoms with van der Waals surface area (Å²) in [5.41, 5.74) is 8.82. The van der Waals surface area contributed by atoms with Crippen LogP contribution in [0.1, 0.15) is 23.6 Å². The van der Waals surface area contributed by atoms with E-state index in [0.717, 1.165) is 28.2 Å². The second kappa shape index (κ2) is 7.83. The predicted octanol–water partition coefficient (Wildman–Crippen LogP) is 2.99. The van der Waals surface area contributed by atoms with Gasteiger partial charge in [-0.15, -0.1) is 5.10 Å². The summed E-state index contributed by atoms with van der Waals surface area (Å²) >= 11 is 5.34. The van der Waals surface area contributed by atoms with Crippen molar-refractivity contribution >= 4 is 28.7 Å². The van der Waals surface area contributed by atoms with Crippen LogP contribution in [0.2, 0.25) is 0 Å². The van der Waals surface area contributed by atoms with Crippen LogP contribution in [0.3, 0.4) is 0 Å². The summed E-state index contributed by atoms with van der Waals surface area (Å²) in [6.45, 7) is 6.03. The first-order valence-corrected chi connectivity index (χ1v) is 8.46. The minimum atomic E-state index is 0.440. The zero-order valence-corrected chi connectivity index (χ0v) is 15.6. The third kappa shape index (κ3) is 4.09. The molecule has 0 bridgehead atoms. The van der Waals surface area contributed by atoms with Gasteiger partial charge in [0.2, 0.25) is 0 Å². The van der Waals surface area contributed by atoms with Crippen LogP contribution in [0, 0.1) is 13.8 Å². The zero-order valence-electron chi connectivity index (χ0n) is 14.8. The average molecular weight is 365 g/mol. The van der Waals surface area contributed by atoms with Gasteiger partial charge in [0, 0.05) is 5.69 Å². The number of thiocarbonyl (C=S) groups is 1. The van der Waals surface area contributed by atoms with Crippen LogP contribution < -0.4 is 10.7 Å². The molecule has 3 rings (SSSR count). The Morgan fingerprint density at radius 1 is 1.15 bits per heavy atom. The summed E-state index contributed by atoms with van der Waals surface area (Å²) < 4.78 is 1.59. The molecule has 0 unspecified atom stereocenters. The van der Waals surface area contributed by atoms with E-state index in [2.05, 4.69) is 51.3 Å². The van der Waals surface area contributed by atoms with Crippen LogP contribution in [-0.2, 0) is 0 Å². The molecule has 0 spiro atoms. The number of anilines is 1. The van der Waals surface area contributed by atoms with E-state index in [1.54, 1.807) is 11.0 Å². The first-order valence-electron chi connectivity index (χ1n) is 8.06. The van der Waals surface area contributed by atoms with E-state index in [9.17, 15) is 0 Å². The lowest BCUT2D eigenvalue weighted by Gasteiger charge is -2.12. The molecule has 0 amide bonds. The monoisotopic (exact) mass is 365 g/mol. The molecule has 1 heterocycles. The maximum Gasteiger partial charge on any atom is 0.191 e. The minimum absolute atomic E-state index is 0.440. The minimum Gasteiger partial charge on any atom is -0.331 e. The molecule has 2 N–H and O–H groups in total. The molecular weight excluding hydrogens is 346 g/mol. The number of rotatable bonds is 4. The van der Waals surface area contributed by atoms with Crippen molar-refractivity contribution in [3.8, 4) is 5.69 Å². The van der Waals surface area contributed by atoms with E-state index in [1.807, 2.05) is 43.3 Å². The van der Waals surface area contributed by atoms with Crippen molar-refractivity contribution in [3.05, 3.63) is 65.5 Å². The topological polar surface area (TPSA) is 80.0 Å². The molecule has 0 aliphatic heterocycles. The van der Waals surface area contributed by atoms with Crippen LogP contribution in [0.25, 0.3) is 5.69 Å². The molecule has 2 aromatic carbocycles. The smallest absolute Gasteiger partial charge is 0.191 e. The van der Waals surface area contributed by atoms with Crippen molar-refractivity contribution in [2.24, 2.45) is 5.10 Å². The highest BCUT2D eigenvalue weighted by atomic mass is 32.1. The van der Waals surface area contributed by atoms with Gasteiger partial charge in [-0.3, -0.25) is 5.43 Å². The van der Waals surface area contributed by atoms with Crippen LogP contribution in [0.15, 0.2) is 53.9 Å². The quantitative estimate of drug-likeness (QED) is 0.420. The fraction of sp³-hybridized carbons (Fsp3) is 0.167. The summed E-state index contributed by atoms with van der Waals surface area (Å²) in [5.74, 6) is 0. The summed E-state index contributed by atoms with van der Waals surface area (Å²) in [7, 11) is 0. The Balaban J connectivity index is 1.69. The average Bonchev–Trinajstić information content (AvgIpc) is 3.18. The third-order valence-electron chi connectivity index (χ3n) is 4.06. The first kappa shape index (κ1) is 17.7. The molecule has 26 heavy (non-hydrogen) atoms. The molecule has 8 heteroatoms. The fourth-order valence-corrected chi connectivity index (χ4v) is 2.54. The predicted molar refractivity (Wildman–Crippen MR) is 107 cm³/mol. The molecule has 0 atom stereocenters. The van der Waals surface area contributed by atoms with Gasteiger partial charge in [-0.1, -0.05) is 24.3 Å². The fourth-order valence-electron chi connectivity index (χ4n) is 2.39. The van der Waals surface area contributed by atoms with Crippen molar-refractivity contribution in [2.45, 2.75) is 20.8 Å². The maximum atomic E-state index is 5.34. The van der Waals surface area contributed by atoms with Crippen molar-refractivity contribution in [2.75, 3.05) is 5.32 Å². The molecule has 0 saturated carbocycles. The number of hydrogen-bond donors (Lipinski definition) is 2. The number of nitrogens with zero attached hydrogens (tertiary/aromatic N) is 5. The largest absolute Gasteiger partial charge is 0.331 e. The molecule has 0 saturated heterocycles. The van der Waals surface area contributed by atoms with E-state index in [0.29, 0.717) is 5.11 Å². The zero-order chi connectivity index (χ0) is 18.5. The van der Waals surface area contributed by atoms with Crippen LogP contribution in [-0.4, -0.2) is 31.0 Å². The van der Waals surface area contributed by atoms with Gasteiger partial charge >= 0.3 is 0 Å². The molecule has 3 aromatic rings. The van der Waals surface area contributed by atoms with Gasteiger partial charge in [-0.2, -0.15) is 5.10 Å². The van der Waals surface area contributed by atoms with Crippen LogP contribution in [0.4, 0.5) is 5.69 Å². The Morgan fingerprint density at radius 3 is 2.73 bits per heavy atom. The van der Waals surface area contributed by atoms with Crippen molar-refractivity contribution < 1.29 is 0 Å². The highest BCUT2D eigenvalue weighted by molar-refractivity contribution is 7.80. The third-order valence-corrected chi connectivity index (χ3v) is 4.25. The number of nitrogens with one attached hydrogen (secondary N) is 2. The molecule has 1 aromatic heterocycles. The van der Waals surface area contributed by atoms with Crippen molar-refractivity contribution in [3.63, 3.8) is 0 Å².